The molecule has 0 aliphatic rings. The number of hydrogen-bond donors (Lipinski definition) is 1. The van der Waals surface area contributed by atoms with Crippen molar-refractivity contribution in [3.8, 4) is 0 Å². The maximum Gasteiger partial charge on any atom is 0.303 e. The number of halogens is 1. The second kappa shape index (κ2) is 6.55. The first-order chi connectivity index (χ1) is 7.58. The molecule has 0 atom stereocenters. The highest BCUT2D eigenvalue weighted by Gasteiger charge is 2.06. The van der Waals surface area contributed by atoms with Crippen LogP contribution in [0.4, 0.5) is 0 Å². The van der Waals surface area contributed by atoms with E-state index in [-0.39, 0.29) is 24.4 Å². The van der Waals surface area contributed by atoms with Gasteiger partial charge in [0.15, 0.2) is 0 Å². The summed E-state index contributed by atoms with van der Waals surface area (Å²) >= 11 is 7.15. The summed E-state index contributed by atoms with van der Waals surface area (Å²) in [4.78, 5) is 22.4. The fourth-order valence-electron chi connectivity index (χ4n) is 1.04. The van der Waals surface area contributed by atoms with E-state index in [1.54, 1.807) is 12.1 Å². The third-order valence-electron chi connectivity index (χ3n) is 1.81. The van der Waals surface area contributed by atoms with E-state index in [1.807, 2.05) is 12.1 Å². The fraction of sp³-hybridized carbons (Fsp3) is 0.273. The molecule has 0 unspecified atom stereocenters. The van der Waals surface area contributed by atoms with Crippen molar-refractivity contribution >= 4 is 35.1 Å². The van der Waals surface area contributed by atoms with Crippen molar-refractivity contribution in [3.63, 3.8) is 0 Å². The quantitative estimate of drug-likeness (QED) is 0.797. The molecule has 16 heavy (non-hydrogen) atoms. The van der Waals surface area contributed by atoms with E-state index in [1.165, 1.54) is 11.8 Å². The zero-order valence-electron chi connectivity index (χ0n) is 8.48. The molecule has 3 nitrogen and oxygen atoms in total. The van der Waals surface area contributed by atoms with Crippen molar-refractivity contribution < 1.29 is 14.7 Å². The number of Topliss-reactive ketones (excluding diaryl/α,β-unsaturated/α-hetero) is 1. The first kappa shape index (κ1) is 13.1. The SMILES string of the molecule is O=C(O)CCC(=O)CSc1cccc(Cl)c1. The van der Waals surface area contributed by atoms with Crippen LogP contribution in [-0.2, 0) is 9.59 Å². The Balaban J connectivity index is 2.34. The third-order valence-corrected chi connectivity index (χ3v) is 3.10. The molecule has 0 bridgehead atoms. The zero-order valence-corrected chi connectivity index (χ0v) is 10.1. The Hall–Kier alpha value is -1.00. The van der Waals surface area contributed by atoms with Crippen molar-refractivity contribution in [1.29, 1.82) is 0 Å². The van der Waals surface area contributed by atoms with Crippen LogP contribution in [-0.4, -0.2) is 22.6 Å². The van der Waals surface area contributed by atoms with Gasteiger partial charge in [-0.2, -0.15) is 0 Å². The van der Waals surface area contributed by atoms with Gasteiger partial charge in [-0.25, -0.2) is 0 Å². The van der Waals surface area contributed by atoms with Crippen LogP contribution in [0.25, 0.3) is 0 Å². The third kappa shape index (κ3) is 5.19. The lowest BCUT2D eigenvalue weighted by molar-refractivity contribution is -0.138. The monoisotopic (exact) mass is 258 g/mol. The van der Waals surface area contributed by atoms with Gasteiger partial charge in [0.1, 0.15) is 5.78 Å². The van der Waals surface area contributed by atoms with Crippen molar-refractivity contribution in [2.75, 3.05) is 5.75 Å². The summed E-state index contributed by atoms with van der Waals surface area (Å²) < 4.78 is 0. The van der Waals surface area contributed by atoms with Gasteiger partial charge in [-0.1, -0.05) is 17.7 Å². The standard InChI is InChI=1S/C11H11ClO3S/c12-8-2-1-3-10(6-8)16-7-9(13)4-5-11(14)15/h1-3,6H,4-5,7H2,(H,14,15). The number of carboxylic acid groups (broad SMARTS) is 1. The Labute approximate surface area is 103 Å². The maximum absolute atomic E-state index is 11.3. The minimum absolute atomic E-state index is 0.0626. The highest BCUT2D eigenvalue weighted by Crippen LogP contribution is 2.21. The second-order valence-corrected chi connectivity index (χ2v) is 4.66. The summed E-state index contributed by atoms with van der Waals surface area (Å²) in [6.07, 6.45) is -0.0160. The normalized spacial score (nSPS) is 10.1. The van der Waals surface area contributed by atoms with Crippen molar-refractivity contribution in [1.82, 2.24) is 0 Å². The molecule has 1 rings (SSSR count). The second-order valence-electron chi connectivity index (χ2n) is 3.18. The van der Waals surface area contributed by atoms with Gasteiger partial charge in [-0.05, 0) is 18.2 Å². The number of hydrogen-bond acceptors (Lipinski definition) is 3. The molecule has 86 valence electrons. The Kier molecular flexibility index (Phi) is 5.35. The highest BCUT2D eigenvalue weighted by molar-refractivity contribution is 8.00. The molecule has 0 amide bonds. The lowest BCUT2D eigenvalue weighted by atomic mass is 10.2. The molecule has 0 radical (unpaired) electrons. The molecule has 1 aromatic rings. The number of rotatable bonds is 6. The van der Waals surface area contributed by atoms with Crippen LogP contribution in [0.1, 0.15) is 12.8 Å². The molecule has 0 aliphatic heterocycles. The van der Waals surface area contributed by atoms with E-state index in [0.717, 1.165) is 4.90 Å². The first-order valence-corrected chi connectivity index (χ1v) is 6.06. The van der Waals surface area contributed by atoms with Gasteiger partial charge in [-0.3, -0.25) is 9.59 Å². The average Bonchev–Trinajstić information content (AvgIpc) is 2.23. The van der Waals surface area contributed by atoms with E-state index in [4.69, 9.17) is 16.7 Å². The molecule has 0 heterocycles. The fourth-order valence-corrected chi connectivity index (χ4v) is 2.15. The largest absolute Gasteiger partial charge is 0.481 e. The number of benzene rings is 1. The van der Waals surface area contributed by atoms with Gasteiger partial charge in [-0.15, -0.1) is 11.8 Å². The van der Waals surface area contributed by atoms with Gasteiger partial charge < -0.3 is 5.11 Å². The van der Waals surface area contributed by atoms with E-state index in [9.17, 15) is 9.59 Å². The highest BCUT2D eigenvalue weighted by atomic mass is 35.5. The molecule has 0 saturated carbocycles. The smallest absolute Gasteiger partial charge is 0.303 e. The van der Waals surface area contributed by atoms with Gasteiger partial charge in [0, 0.05) is 16.3 Å². The van der Waals surface area contributed by atoms with Crippen LogP contribution in [0.3, 0.4) is 0 Å². The van der Waals surface area contributed by atoms with Gasteiger partial charge in [0.05, 0.1) is 12.2 Å². The van der Waals surface area contributed by atoms with Crippen LogP contribution in [0.2, 0.25) is 5.02 Å². The minimum Gasteiger partial charge on any atom is -0.481 e. The zero-order chi connectivity index (χ0) is 12.0. The number of ketones is 1. The van der Waals surface area contributed by atoms with Crippen LogP contribution < -0.4 is 0 Å². The molecule has 0 spiro atoms. The lowest BCUT2D eigenvalue weighted by Gasteiger charge is -2.00. The summed E-state index contributed by atoms with van der Waals surface area (Å²) in [5, 5.41) is 9.04. The Morgan fingerprint density at radius 3 is 2.69 bits per heavy atom. The van der Waals surface area contributed by atoms with Crippen LogP contribution in [0, 0.1) is 0 Å². The van der Waals surface area contributed by atoms with E-state index < -0.39 is 5.97 Å². The summed E-state index contributed by atoms with van der Waals surface area (Å²) in [7, 11) is 0. The Bertz CT molecular complexity index is 393. The molecule has 0 aromatic heterocycles. The van der Waals surface area contributed by atoms with Gasteiger partial charge in [0.2, 0.25) is 0 Å². The van der Waals surface area contributed by atoms with Crippen molar-refractivity contribution in [2.45, 2.75) is 17.7 Å². The van der Waals surface area contributed by atoms with Gasteiger partial charge in [0.25, 0.3) is 0 Å². The Morgan fingerprint density at radius 2 is 2.06 bits per heavy atom. The van der Waals surface area contributed by atoms with Crippen molar-refractivity contribution in [3.05, 3.63) is 29.3 Å². The van der Waals surface area contributed by atoms with Crippen LogP contribution in [0.5, 0.6) is 0 Å². The molecule has 1 aromatic carbocycles. The van der Waals surface area contributed by atoms with E-state index in [2.05, 4.69) is 0 Å². The maximum atomic E-state index is 11.3. The van der Waals surface area contributed by atoms with E-state index in [0.29, 0.717) is 5.02 Å². The lowest BCUT2D eigenvalue weighted by Crippen LogP contribution is -2.05. The number of aliphatic carboxylic acids is 1. The first-order valence-electron chi connectivity index (χ1n) is 4.70. The summed E-state index contributed by atoms with van der Waals surface area (Å²) in [6, 6.07) is 7.21. The van der Waals surface area contributed by atoms with Crippen molar-refractivity contribution in [2.24, 2.45) is 0 Å². The number of carbonyl (C=O) groups excluding carboxylic acids is 1. The van der Waals surface area contributed by atoms with E-state index >= 15 is 0 Å². The van der Waals surface area contributed by atoms with Crippen LogP contribution in [0.15, 0.2) is 29.2 Å². The Morgan fingerprint density at radius 1 is 1.31 bits per heavy atom. The van der Waals surface area contributed by atoms with Gasteiger partial charge >= 0.3 is 5.97 Å². The predicted octanol–water partition coefficient (Wildman–Crippen LogP) is 2.87. The topological polar surface area (TPSA) is 54.4 Å². The molecular weight excluding hydrogens is 248 g/mol. The summed E-state index contributed by atoms with van der Waals surface area (Å²) in [5.41, 5.74) is 0. The number of carboxylic acids is 1. The predicted molar refractivity (Wildman–Crippen MR) is 64.1 cm³/mol. The number of thioether (sulfide) groups is 1. The summed E-state index contributed by atoms with van der Waals surface area (Å²) in [6.45, 7) is 0. The minimum atomic E-state index is -0.943. The van der Waals surface area contributed by atoms with Crippen LogP contribution >= 0.6 is 23.4 Å². The molecule has 1 N–H and O–H groups in total. The molecule has 0 aliphatic carbocycles. The molecule has 0 fully saturated rings. The molecular formula is C11H11ClO3S. The average molecular weight is 259 g/mol. The number of carbonyl (C=O) groups is 2. The molecule has 5 heteroatoms. The summed E-state index contributed by atoms with van der Waals surface area (Å²) in [5.74, 6) is -0.721. The molecule has 0 saturated heterocycles.